The lowest BCUT2D eigenvalue weighted by Crippen LogP contribution is -2.50. The third-order valence-corrected chi connectivity index (χ3v) is 2.69. The van der Waals surface area contributed by atoms with Gasteiger partial charge in [-0.05, 0) is 6.42 Å². The number of carbonyl (C=O) groups is 1. The molecule has 0 amide bonds. The molecule has 0 bridgehead atoms. The number of hydrogen-bond donors (Lipinski definition) is 1. The van der Waals surface area contributed by atoms with Crippen LogP contribution < -0.4 is 0 Å². The minimum absolute atomic E-state index is 0.278. The Morgan fingerprint density at radius 1 is 1.47 bits per heavy atom. The lowest BCUT2D eigenvalue weighted by atomic mass is 10.2. The molecule has 1 aliphatic heterocycles. The van der Waals surface area contributed by atoms with E-state index in [-0.39, 0.29) is 6.61 Å². The highest BCUT2D eigenvalue weighted by Crippen LogP contribution is 2.07. The molecule has 17 heavy (non-hydrogen) atoms. The first-order chi connectivity index (χ1) is 8.25. The number of methoxy groups -OCH3 is 1. The van der Waals surface area contributed by atoms with Crippen molar-refractivity contribution in [3.05, 3.63) is 0 Å². The van der Waals surface area contributed by atoms with Gasteiger partial charge in [-0.25, -0.2) is 0 Å². The Bertz CT molecular complexity index is 224. The molecule has 1 saturated heterocycles. The Morgan fingerprint density at radius 3 is 3.00 bits per heavy atom. The van der Waals surface area contributed by atoms with Gasteiger partial charge in [-0.1, -0.05) is 0 Å². The van der Waals surface area contributed by atoms with Gasteiger partial charge in [0.05, 0.1) is 26.4 Å². The topological polar surface area (TPSA) is 68.2 Å². The Kier molecular flexibility index (Phi) is 7.11. The van der Waals surface area contributed by atoms with Crippen molar-refractivity contribution in [2.45, 2.75) is 12.5 Å². The average Bonchev–Trinajstić information content (AvgIpc) is 2.34. The lowest BCUT2D eigenvalue weighted by Gasteiger charge is -2.32. The summed E-state index contributed by atoms with van der Waals surface area (Å²) in [7, 11) is 1.63. The minimum Gasteiger partial charge on any atom is -0.480 e. The minimum atomic E-state index is -0.815. The van der Waals surface area contributed by atoms with Crippen molar-refractivity contribution in [2.75, 3.05) is 53.2 Å². The van der Waals surface area contributed by atoms with Crippen LogP contribution in [-0.4, -0.2) is 75.3 Å². The van der Waals surface area contributed by atoms with Crippen LogP contribution in [-0.2, 0) is 19.0 Å². The highest BCUT2D eigenvalue weighted by molar-refractivity contribution is 5.73. The van der Waals surface area contributed by atoms with E-state index in [1.54, 1.807) is 7.11 Å². The first kappa shape index (κ1) is 14.4. The van der Waals surface area contributed by atoms with Gasteiger partial charge < -0.3 is 19.3 Å². The second-order valence-electron chi connectivity index (χ2n) is 3.92. The van der Waals surface area contributed by atoms with E-state index >= 15 is 0 Å². The van der Waals surface area contributed by atoms with Crippen LogP contribution in [0.25, 0.3) is 0 Å². The second kappa shape index (κ2) is 8.41. The molecular formula is C11H21NO5. The zero-order valence-corrected chi connectivity index (χ0v) is 10.3. The van der Waals surface area contributed by atoms with Crippen LogP contribution in [0, 0.1) is 0 Å². The molecule has 1 atom stereocenters. The van der Waals surface area contributed by atoms with Gasteiger partial charge in [-0.15, -0.1) is 0 Å². The maximum Gasteiger partial charge on any atom is 0.323 e. The van der Waals surface area contributed by atoms with E-state index in [4.69, 9.17) is 19.3 Å². The number of carboxylic acid groups (broad SMARTS) is 1. The van der Waals surface area contributed by atoms with E-state index in [0.717, 1.165) is 13.0 Å². The molecule has 100 valence electrons. The quantitative estimate of drug-likeness (QED) is 0.600. The molecule has 6 nitrogen and oxygen atoms in total. The molecule has 0 aromatic rings. The normalized spacial score (nSPS) is 21.6. The van der Waals surface area contributed by atoms with E-state index in [0.29, 0.717) is 33.0 Å². The molecule has 6 heteroatoms. The Labute approximate surface area is 101 Å². The van der Waals surface area contributed by atoms with Crippen LogP contribution in [0.2, 0.25) is 0 Å². The summed E-state index contributed by atoms with van der Waals surface area (Å²) in [6, 6.07) is -0.511. The van der Waals surface area contributed by atoms with Gasteiger partial charge in [-0.2, -0.15) is 0 Å². The Balaban J connectivity index is 2.13. The molecule has 0 saturated carbocycles. The number of nitrogens with zero attached hydrogens (tertiary/aromatic N) is 1. The zero-order chi connectivity index (χ0) is 12.5. The number of rotatable bonds is 8. The fraction of sp³-hybridized carbons (Fsp3) is 0.909. The summed E-state index contributed by atoms with van der Waals surface area (Å²) < 4.78 is 15.4. The molecule has 0 aromatic carbocycles. The van der Waals surface area contributed by atoms with Gasteiger partial charge in [0.2, 0.25) is 0 Å². The largest absolute Gasteiger partial charge is 0.480 e. The van der Waals surface area contributed by atoms with Crippen LogP contribution in [0.15, 0.2) is 0 Å². The van der Waals surface area contributed by atoms with Gasteiger partial charge >= 0.3 is 5.97 Å². The van der Waals surface area contributed by atoms with E-state index in [1.807, 2.05) is 4.90 Å². The summed E-state index contributed by atoms with van der Waals surface area (Å²) in [5.41, 5.74) is 0. The molecule has 0 spiro atoms. The molecule has 1 aliphatic rings. The third kappa shape index (κ3) is 5.45. The number of morpholine rings is 1. The summed E-state index contributed by atoms with van der Waals surface area (Å²) in [6.07, 6.45) is 0.827. The highest BCUT2D eigenvalue weighted by atomic mass is 16.5. The van der Waals surface area contributed by atoms with Gasteiger partial charge in [0.15, 0.2) is 0 Å². The summed E-state index contributed by atoms with van der Waals surface area (Å²) in [5, 5.41) is 9.01. The van der Waals surface area contributed by atoms with Crippen LogP contribution in [0.4, 0.5) is 0 Å². The SMILES string of the molecule is COCCOCCCN1CCOCC1C(=O)O. The number of aliphatic carboxylic acids is 1. The van der Waals surface area contributed by atoms with Gasteiger partial charge in [0.1, 0.15) is 6.04 Å². The van der Waals surface area contributed by atoms with Crippen LogP contribution >= 0.6 is 0 Å². The third-order valence-electron chi connectivity index (χ3n) is 2.69. The number of ether oxygens (including phenoxy) is 3. The van der Waals surface area contributed by atoms with Crippen molar-refractivity contribution in [3.63, 3.8) is 0 Å². The molecular weight excluding hydrogens is 226 g/mol. The predicted octanol–water partition coefficient (Wildman–Crippen LogP) is -0.175. The molecule has 1 unspecified atom stereocenters. The maximum atomic E-state index is 11.0. The van der Waals surface area contributed by atoms with Gasteiger partial charge in [-0.3, -0.25) is 9.69 Å². The van der Waals surface area contributed by atoms with Gasteiger partial charge in [0.25, 0.3) is 0 Å². The Hall–Kier alpha value is -0.690. The number of hydrogen-bond acceptors (Lipinski definition) is 5. The molecule has 0 aliphatic carbocycles. The standard InChI is InChI=1S/C11H21NO5/c1-15-7-8-16-5-2-3-12-4-6-17-9-10(12)11(13)14/h10H,2-9H2,1H3,(H,13,14). The van der Waals surface area contributed by atoms with Crippen molar-refractivity contribution in [1.82, 2.24) is 4.90 Å². The van der Waals surface area contributed by atoms with Crippen molar-refractivity contribution in [3.8, 4) is 0 Å². The van der Waals surface area contributed by atoms with E-state index in [9.17, 15) is 4.79 Å². The monoisotopic (exact) mass is 247 g/mol. The second-order valence-corrected chi connectivity index (χ2v) is 3.92. The van der Waals surface area contributed by atoms with E-state index in [1.165, 1.54) is 0 Å². The summed E-state index contributed by atoms with van der Waals surface area (Å²) in [4.78, 5) is 12.9. The number of carboxylic acids is 1. The molecule has 1 heterocycles. The van der Waals surface area contributed by atoms with Crippen LogP contribution in [0.5, 0.6) is 0 Å². The predicted molar refractivity (Wildman–Crippen MR) is 61.1 cm³/mol. The summed E-state index contributed by atoms with van der Waals surface area (Å²) in [6.45, 7) is 4.10. The van der Waals surface area contributed by atoms with Crippen molar-refractivity contribution < 1.29 is 24.1 Å². The van der Waals surface area contributed by atoms with E-state index in [2.05, 4.69) is 0 Å². The highest BCUT2D eigenvalue weighted by Gasteiger charge is 2.28. The zero-order valence-electron chi connectivity index (χ0n) is 10.3. The molecule has 1 rings (SSSR count). The first-order valence-electron chi connectivity index (χ1n) is 5.87. The van der Waals surface area contributed by atoms with Crippen molar-refractivity contribution in [2.24, 2.45) is 0 Å². The molecule has 0 aromatic heterocycles. The Morgan fingerprint density at radius 2 is 2.29 bits per heavy atom. The van der Waals surface area contributed by atoms with Crippen molar-refractivity contribution in [1.29, 1.82) is 0 Å². The summed E-state index contributed by atoms with van der Waals surface area (Å²) in [5.74, 6) is -0.815. The maximum absolute atomic E-state index is 11.0. The molecule has 1 fully saturated rings. The average molecular weight is 247 g/mol. The summed E-state index contributed by atoms with van der Waals surface area (Å²) >= 11 is 0. The molecule has 1 N–H and O–H groups in total. The fourth-order valence-corrected chi connectivity index (χ4v) is 1.75. The van der Waals surface area contributed by atoms with Crippen molar-refractivity contribution >= 4 is 5.97 Å². The smallest absolute Gasteiger partial charge is 0.323 e. The first-order valence-corrected chi connectivity index (χ1v) is 5.87. The van der Waals surface area contributed by atoms with Crippen LogP contribution in [0.1, 0.15) is 6.42 Å². The van der Waals surface area contributed by atoms with Crippen LogP contribution in [0.3, 0.4) is 0 Å². The lowest BCUT2D eigenvalue weighted by molar-refractivity contribution is -0.149. The molecule has 0 radical (unpaired) electrons. The fourth-order valence-electron chi connectivity index (χ4n) is 1.75. The van der Waals surface area contributed by atoms with Gasteiger partial charge in [0, 0.05) is 26.8 Å². The van der Waals surface area contributed by atoms with E-state index < -0.39 is 12.0 Å².